The summed E-state index contributed by atoms with van der Waals surface area (Å²) in [6, 6.07) is 6.72. The summed E-state index contributed by atoms with van der Waals surface area (Å²) < 4.78 is 26.1. The Balaban J connectivity index is 1.32. The number of aromatic nitrogens is 6. The molecule has 1 aromatic carbocycles. The normalized spacial score (nSPS) is 22.1. The van der Waals surface area contributed by atoms with Crippen LogP contribution >= 0.6 is 0 Å². The van der Waals surface area contributed by atoms with Crippen molar-refractivity contribution < 1.29 is 22.8 Å². The van der Waals surface area contributed by atoms with Crippen LogP contribution in [0.15, 0.2) is 36.9 Å². The number of hydrogen-bond acceptors (Lipinski definition) is 9. The summed E-state index contributed by atoms with van der Waals surface area (Å²) >= 11 is 0. The van der Waals surface area contributed by atoms with Crippen molar-refractivity contribution in [1.29, 1.82) is 0 Å². The van der Waals surface area contributed by atoms with E-state index in [0.717, 1.165) is 0 Å². The fourth-order valence-electron chi connectivity index (χ4n) is 6.91. The van der Waals surface area contributed by atoms with Crippen LogP contribution in [0, 0.1) is 12.8 Å². The number of nitrogens with one attached hydrogen (secondary N) is 2. The number of anilines is 2. The van der Waals surface area contributed by atoms with E-state index >= 15 is 0 Å². The van der Waals surface area contributed by atoms with E-state index < -0.39 is 27.2 Å². The largest absolute Gasteiger partial charge is 0.340 e. The van der Waals surface area contributed by atoms with E-state index in [4.69, 9.17) is 5.10 Å². The van der Waals surface area contributed by atoms with Crippen LogP contribution < -0.4 is 10.2 Å². The number of carbonyl (C=O) groups excluding carboxylic acids is 3. The Bertz CT molecular complexity index is 1970. The van der Waals surface area contributed by atoms with E-state index in [-0.39, 0.29) is 42.2 Å². The lowest BCUT2D eigenvalue weighted by atomic mass is 9.70. The summed E-state index contributed by atoms with van der Waals surface area (Å²) in [7, 11) is -3.24. The second-order valence-corrected chi connectivity index (χ2v) is 14.3. The Morgan fingerprint density at radius 2 is 1.98 bits per heavy atom. The minimum atomic E-state index is -3.24. The number of hydrogen-bond donors (Lipinski definition) is 2. The summed E-state index contributed by atoms with van der Waals surface area (Å²) in [4.78, 5) is 60.9. The monoisotopic (exact) mass is 617 g/mol. The third-order valence-electron chi connectivity index (χ3n) is 8.66. The first kappa shape index (κ1) is 28.1. The molecule has 1 saturated heterocycles. The molecule has 4 aromatic rings. The van der Waals surface area contributed by atoms with Crippen molar-refractivity contribution in [2.24, 2.45) is 5.92 Å². The minimum absolute atomic E-state index is 0.0342. The van der Waals surface area contributed by atoms with Gasteiger partial charge in [0.2, 0.25) is 17.7 Å². The molecule has 0 saturated carbocycles. The number of imidazole rings is 1. The quantitative estimate of drug-likeness (QED) is 0.325. The van der Waals surface area contributed by atoms with Gasteiger partial charge in [-0.25, -0.2) is 23.4 Å². The lowest BCUT2D eigenvalue weighted by molar-refractivity contribution is -0.134. The molecule has 3 aliphatic heterocycles. The number of carbonyl (C=O) groups is 3. The highest BCUT2D eigenvalue weighted by atomic mass is 32.2. The van der Waals surface area contributed by atoms with Crippen molar-refractivity contribution >= 4 is 50.2 Å². The van der Waals surface area contributed by atoms with Crippen molar-refractivity contribution in [2.45, 2.75) is 45.1 Å². The van der Waals surface area contributed by atoms with E-state index in [1.807, 2.05) is 19.9 Å². The number of aryl methyl sites for hydroxylation is 1. The number of para-hydroxylation sites is 1. The maximum atomic E-state index is 14.7. The van der Waals surface area contributed by atoms with Crippen molar-refractivity contribution in [1.82, 2.24) is 34.6 Å². The zero-order valence-electron chi connectivity index (χ0n) is 24.4. The summed E-state index contributed by atoms with van der Waals surface area (Å²) in [5, 5.41) is 7.64. The molecule has 0 unspecified atom stereocenters. The number of nitrogens with zero attached hydrogens (tertiary/aromatic N) is 7. The van der Waals surface area contributed by atoms with Crippen LogP contribution in [-0.4, -0.2) is 91.4 Å². The van der Waals surface area contributed by atoms with E-state index in [2.05, 4.69) is 25.3 Å². The third-order valence-corrected chi connectivity index (χ3v) is 10.4. The lowest BCUT2D eigenvalue weighted by Crippen LogP contribution is -2.51. The standard InChI is InChI=1S/C29H31N9O5S/c1-16(2)11-36(18-8-9-44(42,43)13-18)22(40)12-37-20-7-5-4-6-19(20)29(28(37)41)10-21(39)34-26-23(29)17(3)35-38(26)27-24-25(31-14-30-24)32-15-33-27/h4-7,14-16,18H,8-13H2,1-3H3,(H,34,39)(H,30,31,32,33)/t18-,29+/m0/s1. The van der Waals surface area contributed by atoms with Gasteiger partial charge in [0.1, 0.15) is 29.6 Å². The Morgan fingerprint density at radius 3 is 2.73 bits per heavy atom. The predicted octanol–water partition coefficient (Wildman–Crippen LogP) is 1.49. The van der Waals surface area contributed by atoms with Gasteiger partial charge in [0.25, 0.3) is 0 Å². The molecule has 0 bridgehead atoms. The molecule has 2 atom stereocenters. The fourth-order valence-corrected chi connectivity index (χ4v) is 8.65. The Kier molecular flexibility index (Phi) is 6.35. The first-order valence-electron chi connectivity index (χ1n) is 14.5. The molecule has 3 aromatic heterocycles. The molecule has 44 heavy (non-hydrogen) atoms. The highest BCUT2D eigenvalue weighted by Gasteiger charge is 2.58. The number of fused-ring (bicyclic) bond motifs is 5. The lowest BCUT2D eigenvalue weighted by Gasteiger charge is -2.34. The first-order valence-corrected chi connectivity index (χ1v) is 16.3. The van der Waals surface area contributed by atoms with Gasteiger partial charge in [-0.3, -0.25) is 14.4 Å². The van der Waals surface area contributed by atoms with Gasteiger partial charge in [0, 0.05) is 30.3 Å². The van der Waals surface area contributed by atoms with Crippen LogP contribution in [0.25, 0.3) is 17.0 Å². The minimum Gasteiger partial charge on any atom is -0.340 e. The average molecular weight is 618 g/mol. The molecule has 0 radical (unpaired) electrons. The maximum absolute atomic E-state index is 14.7. The van der Waals surface area contributed by atoms with Crippen molar-refractivity contribution in [2.75, 3.05) is 34.8 Å². The second-order valence-electron chi connectivity index (χ2n) is 12.1. The predicted molar refractivity (Wildman–Crippen MR) is 160 cm³/mol. The van der Waals surface area contributed by atoms with E-state index in [0.29, 0.717) is 58.3 Å². The fraction of sp³-hybridized carbons (Fsp3) is 0.414. The van der Waals surface area contributed by atoms with Gasteiger partial charge in [0.05, 0.1) is 23.5 Å². The SMILES string of the molecule is Cc1nn(-c2ncnc3nc[nH]c23)c2c1[C@]1(CC(=O)N2)C(=O)N(CC(=O)N(CC(C)C)[C@H]2CCS(=O)(=O)C2)c2ccccc21. The molecule has 1 fully saturated rings. The number of aromatic amines is 1. The van der Waals surface area contributed by atoms with Crippen molar-refractivity contribution in [3.05, 3.63) is 53.7 Å². The summed E-state index contributed by atoms with van der Waals surface area (Å²) in [6.45, 7) is 5.78. The van der Waals surface area contributed by atoms with Crippen LogP contribution in [0.3, 0.4) is 0 Å². The molecule has 14 nitrogen and oxygen atoms in total. The molecular formula is C29H31N9O5S. The molecule has 0 aliphatic carbocycles. The molecule has 3 amide bonds. The second kappa shape index (κ2) is 9.94. The molecule has 228 valence electrons. The van der Waals surface area contributed by atoms with E-state index in [1.165, 1.54) is 22.2 Å². The topological polar surface area (TPSA) is 176 Å². The van der Waals surface area contributed by atoms with Gasteiger partial charge in [0.15, 0.2) is 21.3 Å². The van der Waals surface area contributed by atoms with Gasteiger partial charge < -0.3 is 20.1 Å². The number of rotatable bonds is 6. The average Bonchev–Trinajstić information content (AvgIpc) is 3.73. The number of amides is 3. The Morgan fingerprint density at radius 1 is 1.18 bits per heavy atom. The van der Waals surface area contributed by atoms with Crippen LogP contribution in [0.1, 0.15) is 43.5 Å². The number of benzene rings is 1. The number of H-pyrrole nitrogens is 1. The first-order chi connectivity index (χ1) is 21.0. The third kappa shape index (κ3) is 4.20. The molecule has 15 heteroatoms. The highest BCUT2D eigenvalue weighted by molar-refractivity contribution is 7.91. The molecule has 2 N–H and O–H groups in total. The van der Waals surface area contributed by atoms with Crippen molar-refractivity contribution in [3.63, 3.8) is 0 Å². The summed E-state index contributed by atoms with van der Waals surface area (Å²) in [5.74, 6) is -0.432. The molecule has 7 rings (SSSR count). The van der Waals surface area contributed by atoms with Gasteiger partial charge >= 0.3 is 0 Å². The van der Waals surface area contributed by atoms with Crippen LogP contribution in [0.5, 0.6) is 0 Å². The summed E-state index contributed by atoms with van der Waals surface area (Å²) in [6.07, 6.45) is 3.03. The zero-order valence-corrected chi connectivity index (χ0v) is 25.3. The Labute approximate surface area is 252 Å². The van der Waals surface area contributed by atoms with Crippen LogP contribution in [-0.2, 0) is 29.6 Å². The molecule has 3 aliphatic rings. The van der Waals surface area contributed by atoms with Gasteiger partial charge in [-0.1, -0.05) is 32.0 Å². The summed E-state index contributed by atoms with van der Waals surface area (Å²) in [5.41, 5.74) is 1.66. The zero-order chi connectivity index (χ0) is 31.0. The van der Waals surface area contributed by atoms with Crippen LogP contribution in [0.4, 0.5) is 11.5 Å². The van der Waals surface area contributed by atoms with E-state index in [9.17, 15) is 22.8 Å². The van der Waals surface area contributed by atoms with Gasteiger partial charge in [-0.15, -0.1) is 0 Å². The smallest absolute Gasteiger partial charge is 0.243 e. The highest BCUT2D eigenvalue weighted by Crippen LogP contribution is 2.53. The van der Waals surface area contributed by atoms with Gasteiger partial charge in [-0.2, -0.15) is 9.78 Å². The maximum Gasteiger partial charge on any atom is 0.243 e. The van der Waals surface area contributed by atoms with E-state index in [1.54, 1.807) is 30.0 Å². The number of sulfone groups is 1. The van der Waals surface area contributed by atoms with Crippen molar-refractivity contribution in [3.8, 4) is 5.82 Å². The van der Waals surface area contributed by atoms with Crippen LogP contribution in [0.2, 0.25) is 0 Å². The molecule has 1 spiro atoms. The molecule has 6 heterocycles. The Hall–Kier alpha value is -4.66. The molecular weight excluding hydrogens is 586 g/mol. The van der Waals surface area contributed by atoms with Gasteiger partial charge in [-0.05, 0) is 30.9 Å².